The van der Waals surface area contributed by atoms with E-state index in [0.717, 1.165) is 18.5 Å². The number of hydrogen-bond donors (Lipinski definition) is 0. The maximum atomic E-state index is 12.9. The van der Waals surface area contributed by atoms with Crippen LogP contribution in [0.1, 0.15) is 23.2 Å². The summed E-state index contributed by atoms with van der Waals surface area (Å²) < 4.78 is 18.4. The molecule has 26 heavy (non-hydrogen) atoms. The van der Waals surface area contributed by atoms with Gasteiger partial charge in [0.2, 0.25) is 0 Å². The van der Waals surface area contributed by atoms with Crippen molar-refractivity contribution >= 4 is 23.2 Å². The quantitative estimate of drug-likeness (QED) is 0.597. The number of carbonyl (C=O) groups is 1. The number of rotatable bonds is 4. The Morgan fingerprint density at radius 2 is 2.12 bits per heavy atom. The first-order valence-electron chi connectivity index (χ1n) is 7.81. The van der Waals surface area contributed by atoms with Crippen molar-refractivity contribution in [1.29, 1.82) is 0 Å². The molecule has 2 heterocycles. The molecule has 0 N–H and O–H groups in total. The van der Waals surface area contributed by atoms with E-state index < -0.39 is 16.6 Å². The summed E-state index contributed by atoms with van der Waals surface area (Å²) in [6.45, 7) is 0.723. The number of carbonyl (C=O) groups excluding carboxylic acids is 1. The van der Waals surface area contributed by atoms with Gasteiger partial charge in [-0.3, -0.25) is 14.9 Å². The molecule has 1 aromatic heterocycles. The van der Waals surface area contributed by atoms with Gasteiger partial charge in [-0.25, -0.2) is 14.4 Å². The molecule has 1 fully saturated rings. The summed E-state index contributed by atoms with van der Waals surface area (Å²) in [5.41, 5.74) is -0.137. The maximum Gasteiger partial charge on any atom is 0.316 e. The van der Waals surface area contributed by atoms with E-state index in [9.17, 15) is 19.3 Å². The Morgan fingerprint density at radius 1 is 1.38 bits per heavy atom. The predicted molar refractivity (Wildman–Crippen MR) is 89.6 cm³/mol. The van der Waals surface area contributed by atoms with Gasteiger partial charge in [0.25, 0.3) is 11.6 Å². The lowest BCUT2D eigenvalue weighted by Crippen LogP contribution is -2.44. The number of piperidine rings is 1. The summed E-state index contributed by atoms with van der Waals surface area (Å²) >= 11 is 6.04. The van der Waals surface area contributed by atoms with Crippen molar-refractivity contribution in [2.24, 2.45) is 0 Å². The van der Waals surface area contributed by atoms with Crippen LogP contribution in [0.4, 0.5) is 10.1 Å². The minimum absolute atomic E-state index is 0.0269. The van der Waals surface area contributed by atoms with E-state index in [-0.39, 0.29) is 34.9 Å². The van der Waals surface area contributed by atoms with Gasteiger partial charge in [-0.05, 0) is 18.9 Å². The minimum atomic E-state index is -0.582. The lowest BCUT2D eigenvalue weighted by molar-refractivity contribution is -0.384. The van der Waals surface area contributed by atoms with Crippen LogP contribution in [0.3, 0.4) is 0 Å². The van der Waals surface area contributed by atoms with Crippen molar-refractivity contribution in [2.45, 2.75) is 18.9 Å². The van der Waals surface area contributed by atoms with E-state index >= 15 is 0 Å². The standard InChI is InChI=1S/C16H14ClFN4O4/c17-14-4-3-11(22(24)25)6-13(14)15(23)21-5-1-2-12(9-21)26-16-19-7-10(18)8-20-16/h3-4,6-8,12H,1-2,5,9H2. The monoisotopic (exact) mass is 380 g/mol. The van der Waals surface area contributed by atoms with Crippen LogP contribution >= 0.6 is 11.6 Å². The lowest BCUT2D eigenvalue weighted by atomic mass is 10.1. The van der Waals surface area contributed by atoms with Gasteiger partial charge in [0, 0.05) is 18.7 Å². The maximum absolute atomic E-state index is 12.9. The summed E-state index contributed by atoms with van der Waals surface area (Å²) in [7, 11) is 0. The lowest BCUT2D eigenvalue weighted by Gasteiger charge is -2.32. The van der Waals surface area contributed by atoms with Gasteiger partial charge in [0.15, 0.2) is 5.82 Å². The Kier molecular flexibility index (Phi) is 5.27. The first-order valence-corrected chi connectivity index (χ1v) is 8.19. The molecule has 1 aliphatic heterocycles. The van der Waals surface area contributed by atoms with E-state index in [4.69, 9.17) is 16.3 Å². The molecule has 1 unspecified atom stereocenters. The first kappa shape index (κ1) is 18.0. The molecule has 3 rings (SSSR count). The average Bonchev–Trinajstić information content (AvgIpc) is 2.63. The van der Waals surface area contributed by atoms with Crippen molar-refractivity contribution in [3.8, 4) is 6.01 Å². The van der Waals surface area contributed by atoms with Crippen molar-refractivity contribution in [3.05, 3.63) is 57.1 Å². The molecule has 1 amide bonds. The fourth-order valence-corrected chi connectivity index (χ4v) is 2.89. The molecular weight excluding hydrogens is 367 g/mol. The van der Waals surface area contributed by atoms with Crippen LogP contribution in [0.2, 0.25) is 5.02 Å². The highest BCUT2D eigenvalue weighted by molar-refractivity contribution is 6.33. The van der Waals surface area contributed by atoms with Crippen molar-refractivity contribution < 1.29 is 18.8 Å². The van der Waals surface area contributed by atoms with E-state index in [2.05, 4.69) is 9.97 Å². The predicted octanol–water partition coefficient (Wildman–Crippen LogP) is 2.86. The molecule has 1 saturated heterocycles. The number of benzene rings is 1. The highest BCUT2D eigenvalue weighted by Crippen LogP contribution is 2.25. The van der Waals surface area contributed by atoms with Gasteiger partial charge in [-0.15, -0.1) is 0 Å². The Hall–Kier alpha value is -2.81. The van der Waals surface area contributed by atoms with Crippen LogP contribution in [0.5, 0.6) is 6.01 Å². The highest BCUT2D eigenvalue weighted by atomic mass is 35.5. The molecular formula is C16H14ClFN4O4. The average molecular weight is 381 g/mol. The van der Waals surface area contributed by atoms with Crippen molar-refractivity contribution in [3.63, 3.8) is 0 Å². The topological polar surface area (TPSA) is 98.5 Å². The number of nitrogens with zero attached hydrogens (tertiary/aromatic N) is 4. The van der Waals surface area contributed by atoms with Gasteiger partial charge in [-0.2, -0.15) is 0 Å². The van der Waals surface area contributed by atoms with Gasteiger partial charge in [0.05, 0.1) is 34.4 Å². The molecule has 0 spiro atoms. The molecule has 2 aromatic rings. The number of nitro benzene ring substituents is 1. The van der Waals surface area contributed by atoms with Crippen molar-refractivity contribution in [2.75, 3.05) is 13.1 Å². The number of halogens is 2. The SMILES string of the molecule is O=C(c1cc([N+](=O)[O-])ccc1Cl)N1CCCC(Oc2ncc(F)cn2)C1. The van der Waals surface area contributed by atoms with Crippen LogP contribution < -0.4 is 4.74 Å². The van der Waals surface area contributed by atoms with E-state index in [0.29, 0.717) is 19.4 Å². The number of likely N-dealkylation sites (tertiary alicyclic amines) is 1. The molecule has 0 aliphatic carbocycles. The number of nitro groups is 1. The molecule has 1 aromatic carbocycles. The Bertz CT molecular complexity index is 833. The highest BCUT2D eigenvalue weighted by Gasteiger charge is 2.28. The Balaban J connectivity index is 1.73. The van der Waals surface area contributed by atoms with Crippen molar-refractivity contribution in [1.82, 2.24) is 14.9 Å². The zero-order chi connectivity index (χ0) is 18.7. The number of non-ortho nitro benzene ring substituents is 1. The molecule has 136 valence electrons. The third kappa shape index (κ3) is 4.05. The van der Waals surface area contributed by atoms with Gasteiger partial charge in [0.1, 0.15) is 6.10 Å². The first-order chi connectivity index (χ1) is 12.4. The van der Waals surface area contributed by atoms with E-state index in [1.54, 1.807) is 0 Å². The summed E-state index contributed by atoms with van der Waals surface area (Å²) in [5, 5.41) is 11.1. The normalized spacial score (nSPS) is 17.0. The smallest absolute Gasteiger partial charge is 0.316 e. The van der Waals surface area contributed by atoms with Gasteiger partial charge >= 0.3 is 6.01 Å². The summed E-state index contributed by atoms with van der Waals surface area (Å²) in [5.74, 6) is -0.981. The zero-order valence-corrected chi connectivity index (χ0v) is 14.2. The zero-order valence-electron chi connectivity index (χ0n) is 13.5. The number of amides is 1. The van der Waals surface area contributed by atoms with Gasteiger partial charge < -0.3 is 9.64 Å². The second-order valence-electron chi connectivity index (χ2n) is 5.74. The van der Waals surface area contributed by atoms with Crippen LogP contribution in [-0.4, -0.2) is 44.9 Å². The molecule has 0 saturated carbocycles. The summed E-state index contributed by atoms with van der Waals surface area (Å²) in [4.78, 5) is 32.0. The fraction of sp³-hybridized carbons (Fsp3) is 0.312. The molecule has 8 nitrogen and oxygen atoms in total. The second-order valence-corrected chi connectivity index (χ2v) is 6.15. The molecule has 1 atom stereocenters. The Labute approximate surface area is 152 Å². The molecule has 10 heteroatoms. The molecule has 0 bridgehead atoms. The van der Waals surface area contributed by atoms with E-state index in [1.165, 1.54) is 17.0 Å². The minimum Gasteiger partial charge on any atom is -0.458 e. The van der Waals surface area contributed by atoms with Gasteiger partial charge in [-0.1, -0.05) is 11.6 Å². The van der Waals surface area contributed by atoms with Crippen LogP contribution in [0, 0.1) is 15.9 Å². The summed E-state index contributed by atoms with van der Waals surface area (Å²) in [6, 6.07) is 3.77. The molecule has 1 aliphatic rings. The second kappa shape index (κ2) is 7.61. The Morgan fingerprint density at radius 3 is 2.81 bits per heavy atom. The molecule has 0 radical (unpaired) electrons. The van der Waals surface area contributed by atoms with Crippen LogP contribution in [0.15, 0.2) is 30.6 Å². The third-order valence-electron chi connectivity index (χ3n) is 3.93. The number of ether oxygens (including phenoxy) is 1. The van der Waals surface area contributed by atoms with E-state index in [1.807, 2.05) is 0 Å². The third-order valence-corrected chi connectivity index (χ3v) is 4.25. The van der Waals surface area contributed by atoms with Crippen LogP contribution in [-0.2, 0) is 0 Å². The van der Waals surface area contributed by atoms with Crippen LogP contribution in [0.25, 0.3) is 0 Å². The fourth-order valence-electron chi connectivity index (χ4n) is 2.69. The largest absolute Gasteiger partial charge is 0.458 e. The summed E-state index contributed by atoms with van der Waals surface area (Å²) in [6.07, 6.45) is 2.97. The number of hydrogen-bond acceptors (Lipinski definition) is 6. The number of aromatic nitrogens is 2.